The largest absolute Gasteiger partial charge is 0.384 e. The highest BCUT2D eigenvalue weighted by Crippen LogP contribution is 2.05. The number of aryl methyl sites for hydroxylation is 1. The molecule has 0 atom stereocenters. The predicted octanol–water partition coefficient (Wildman–Crippen LogP) is 1.95. The van der Waals surface area contributed by atoms with Crippen LogP contribution in [0.5, 0.6) is 0 Å². The van der Waals surface area contributed by atoms with Crippen LogP contribution in [0.2, 0.25) is 0 Å². The standard InChI is InChI=1S/C15H20N4/c1-2-12-3-5-13(6-4-12)7-9-17-11-15-18-10-8-14(16)19-15/h3-6,8,10,17H,2,7,9,11H2,1H3,(H2,16,18,19). The van der Waals surface area contributed by atoms with Gasteiger partial charge in [0.25, 0.3) is 0 Å². The number of anilines is 1. The summed E-state index contributed by atoms with van der Waals surface area (Å²) in [6.07, 6.45) is 3.78. The molecule has 0 spiro atoms. The highest BCUT2D eigenvalue weighted by Gasteiger charge is 1.97. The van der Waals surface area contributed by atoms with E-state index in [-0.39, 0.29) is 0 Å². The van der Waals surface area contributed by atoms with Gasteiger partial charge in [0, 0.05) is 6.20 Å². The maximum absolute atomic E-state index is 5.60. The Balaban J connectivity index is 1.74. The average Bonchev–Trinajstić information content (AvgIpc) is 2.44. The van der Waals surface area contributed by atoms with Gasteiger partial charge in [-0.15, -0.1) is 0 Å². The Morgan fingerprint density at radius 2 is 1.84 bits per heavy atom. The summed E-state index contributed by atoms with van der Waals surface area (Å²) >= 11 is 0. The molecule has 4 heteroatoms. The third-order valence-corrected chi connectivity index (χ3v) is 3.03. The third kappa shape index (κ3) is 4.34. The van der Waals surface area contributed by atoms with E-state index >= 15 is 0 Å². The molecule has 0 aliphatic carbocycles. The zero-order valence-electron chi connectivity index (χ0n) is 11.3. The molecule has 19 heavy (non-hydrogen) atoms. The lowest BCUT2D eigenvalue weighted by Gasteiger charge is -2.05. The van der Waals surface area contributed by atoms with Gasteiger partial charge in [0.2, 0.25) is 0 Å². The fourth-order valence-electron chi connectivity index (χ4n) is 1.87. The highest BCUT2D eigenvalue weighted by atomic mass is 15.0. The molecule has 1 aromatic carbocycles. The van der Waals surface area contributed by atoms with Crippen molar-refractivity contribution in [3.05, 3.63) is 53.5 Å². The van der Waals surface area contributed by atoms with Crippen LogP contribution in [0.15, 0.2) is 36.5 Å². The predicted molar refractivity (Wildman–Crippen MR) is 77.7 cm³/mol. The molecule has 3 N–H and O–H groups in total. The Kier molecular flexibility index (Phi) is 4.86. The average molecular weight is 256 g/mol. The van der Waals surface area contributed by atoms with E-state index in [1.54, 1.807) is 12.3 Å². The Morgan fingerprint density at radius 1 is 1.11 bits per heavy atom. The quantitative estimate of drug-likeness (QED) is 0.775. The maximum atomic E-state index is 5.60. The Morgan fingerprint density at radius 3 is 2.53 bits per heavy atom. The second kappa shape index (κ2) is 6.85. The minimum atomic E-state index is 0.516. The number of nitrogen functional groups attached to an aromatic ring is 1. The monoisotopic (exact) mass is 256 g/mol. The van der Waals surface area contributed by atoms with Gasteiger partial charge in [0.15, 0.2) is 0 Å². The molecule has 1 heterocycles. The molecule has 0 radical (unpaired) electrons. The number of nitrogens with zero attached hydrogens (tertiary/aromatic N) is 2. The lowest BCUT2D eigenvalue weighted by atomic mass is 10.1. The minimum absolute atomic E-state index is 0.516. The van der Waals surface area contributed by atoms with Crippen molar-refractivity contribution in [3.63, 3.8) is 0 Å². The van der Waals surface area contributed by atoms with Gasteiger partial charge in [-0.3, -0.25) is 0 Å². The molecule has 0 aliphatic heterocycles. The van der Waals surface area contributed by atoms with Crippen molar-refractivity contribution in [2.45, 2.75) is 26.3 Å². The molecule has 0 saturated heterocycles. The number of hydrogen-bond donors (Lipinski definition) is 2. The van der Waals surface area contributed by atoms with Crippen molar-refractivity contribution in [2.24, 2.45) is 0 Å². The number of benzene rings is 1. The second-order valence-corrected chi connectivity index (χ2v) is 4.49. The lowest BCUT2D eigenvalue weighted by Crippen LogP contribution is -2.18. The number of aromatic nitrogens is 2. The molecule has 2 rings (SSSR count). The molecular formula is C15H20N4. The molecule has 0 saturated carbocycles. The van der Waals surface area contributed by atoms with Gasteiger partial charge in [-0.2, -0.15) is 0 Å². The van der Waals surface area contributed by atoms with Crippen molar-refractivity contribution < 1.29 is 0 Å². The number of nitrogens with two attached hydrogens (primary N) is 1. The smallest absolute Gasteiger partial charge is 0.144 e. The van der Waals surface area contributed by atoms with Gasteiger partial charge >= 0.3 is 0 Å². The molecule has 1 aromatic heterocycles. The van der Waals surface area contributed by atoms with Crippen LogP contribution >= 0.6 is 0 Å². The summed E-state index contributed by atoms with van der Waals surface area (Å²) < 4.78 is 0. The molecule has 0 fully saturated rings. The summed E-state index contributed by atoms with van der Waals surface area (Å²) in [5, 5.41) is 3.33. The van der Waals surface area contributed by atoms with Gasteiger partial charge in [-0.1, -0.05) is 31.2 Å². The molecule has 0 bridgehead atoms. The van der Waals surface area contributed by atoms with E-state index in [4.69, 9.17) is 5.73 Å². The highest BCUT2D eigenvalue weighted by molar-refractivity contribution is 5.25. The SMILES string of the molecule is CCc1ccc(CCNCc2nccc(N)n2)cc1. The van der Waals surface area contributed by atoms with E-state index in [2.05, 4.69) is 46.5 Å². The summed E-state index contributed by atoms with van der Waals surface area (Å²) in [6, 6.07) is 10.5. The van der Waals surface area contributed by atoms with Crippen LogP contribution in [-0.4, -0.2) is 16.5 Å². The first-order valence-corrected chi connectivity index (χ1v) is 6.64. The van der Waals surface area contributed by atoms with E-state index in [1.165, 1.54) is 11.1 Å². The summed E-state index contributed by atoms with van der Waals surface area (Å²) in [5.74, 6) is 1.25. The molecule has 2 aromatic rings. The fraction of sp³-hybridized carbons (Fsp3) is 0.333. The number of nitrogens with one attached hydrogen (secondary N) is 1. The van der Waals surface area contributed by atoms with E-state index in [0.717, 1.165) is 25.2 Å². The third-order valence-electron chi connectivity index (χ3n) is 3.03. The first-order valence-electron chi connectivity index (χ1n) is 6.64. The van der Waals surface area contributed by atoms with Gasteiger partial charge in [0.1, 0.15) is 11.6 Å². The summed E-state index contributed by atoms with van der Waals surface area (Å²) in [5.41, 5.74) is 8.33. The van der Waals surface area contributed by atoms with Crippen LogP contribution in [-0.2, 0) is 19.4 Å². The van der Waals surface area contributed by atoms with Crippen LogP contribution in [0.4, 0.5) is 5.82 Å². The van der Waals surface area contributed by atoms with E-state index in [9.17, 15) is 0 Å². The molecule has 0 aliphatic rings. The van der Waals surface area contributed by atoms with Crippen molar-refractivity contribution in [3.8, 4) is 0 Å². The van der Waals surface area contributed by atoms with Crippen molar-refractivity contribution >= 4 is 5.82 Å². The van der Waals surface area contributed by atoms with Crippen LogP contribution in [0.1, 0.15) is 23.9 Å². The topological polar surface area (TPSA) is 63.8 Å². The van der Waals surface area contributed by atoms with Crippen molar-refractivity contribution in [2.75, 3.05) is 12.3 Å². The minimum Gasteiger partial charge on any atom is -0.384 e. The normalized spacial score (nSPS) is 10.6. The summed E-state index contributed by atoms with van der Waals surface area (Å²) in [7, 11) is 0. The fourth-order valence-corrected chi connectivity index (χ4v) is 1.87. The van der Waals surface area contributed by atoms with E-state index in [1.807, 2.05) is 0 Å². The van der Waals surface area contributed by atoms with Gasteiger partial charge in [-0.25, -0.2) is 9.97 Å². The Labute approximate surface area is 114 Å². The van der Waals surface area contributed by atoms with Gasteiger partial charge < -0.3 is 11.1 Å². The first-order chi connectivity index (χ1) is 9.28. The van der Waals surface area contributed by atoms with Crippen LogP contribution in [0.3, 0.4) is 0 Å². The lowest BCUT2D eigenvalue weighted by molar-refractivity contribution is 0.660. The Hall–Kier alpha value is -1.94. The first kappa shape index (κ1) is 13.5. The van der Waals surface area contributed by atoms with Gasteiger partial charge in [0.05, 0.1) is 6.54 Å². The van der Waals surface area contributed by atoms with Crippen LogP contribution < -0.4 is 11.1 Å². The summed E-state index contributed by atoms with van der Waals surface area (Å²) in [6.45, 7) is 3.73. The molecular weight excluding hydrogens is 236 g/mol. The van der Waals surface area contributed by atoms with Crippen molar-refractivity contribution in [1.29, 1.82) is 0 Å². The van der Waals surface area contributed by atoms with Crippen LogP contribution in [0.25, 0.3) is 0 Å². The summed E-state index contributed by atoms with van der Waals surface area (Å²) in [4.78, 5) is 8.30. The van der Waals surface area contributed by atoms with Gasteiger partial charge in [-0.05, 0) is 36.6 Å². The van der Waals surface area contributed by atoms with Crippen molar-refractivity contribution in [1.82, 2.24) is 15.3 Å². The number of hydrogen-bond acceptors (Lipinski definition) is 4. The maximum Gasteiger partial charge on any atom is 0.144 e. The second-order valence-electron chi connectivity index (χ2n) is 4.49. The molecule has 4 nitrogen and oxygen atoms in total. The van der Waals surface area contributed by atoms with E-state index < -0.39 is 0 Å². The molecule has 0 unspecified atom stereocenters. The zero-order chi connectivity index (χ0) is 13.5. The van der Waals surface area contributed by atoms with E-state index in [0.29, 0.717) is 12.4 Å². The van der Waals surface area contributed by atoms with Crippen LogP contribution in [0, 0.1) is 0 Å². The zero-order valence-corrected chi connectivity index (χ0v) is 11.3. The molecule has 100 valence electrons. The molecule has 0 amide bonds. The Bertz CT molecular complexity index is 508. The number of rotatable bonds is 6.